The van der Waals surface area contributed by atoms with Crippen molar-refractivity contribution in [2.24, 2.45) is 5.92 Å². The molecular formula is C20H25N5O4S. The summed E-state index contributed by atoms with van der Waals surface area (Å²) in [5.41, 5.74) is 1.69. The van der Waals surface area contributed by atoms with Gasteiger partial charge in [0.05, 0.1) is 36.4 Å². The number of aliphatic hydroxyl groups is 2. The first-order valence-corrected chi connectivity index (χ1v) is 10.2. The van der Waals surface area contributed by atoms with Crippen molar-refractivity contribution in [1.82, 2.24) is 20.4 Å². The summed E-state index contributed by atoms with van der Waals surface area (Å²) in [4.78, 5) is 14.8. The lowest BCUT2D eigenvalue weighted by atomic mass is 9.77. The van der Waals surface area contributed by atoms with Crippen LogP contribution in [0.1, 0.15) is 6.42 Å². The number of amides is 1. The molecule has 1 aliphatic heterocycles. The number of carbonyl (C=O) groups excluding carboxylic acids is 1. The maximum Gasteiger partial charge on any atom is 0.225 e. The highest BCUT2D eigenvalue weighted by Crippen LogP contribution is 2.36. The molecule has 4 rings (SSSR count). The van der Waals surface area contributed by atoms with Gasteiger partial charge in [0.2, 0.25) is 5.91 Å². The fourth-order valence-corrected chi connectivity index (χ4v) is 4.60. The van der Waals surface area contributed by atoms with Gasteiger partial charge in [0.1, 0.15) is 6.10 Å². The minimum absolute atomic E-state index is 0.146. The van der Waals surface area contributed by atoms with Crippen molar-refractivity contribution in [3.63, 3.8) is 0 Å². The highest BCUT2D eigenvalue weighted by Gasteiger charge is 2.53. The number of thiocarbonyl (C=S) groups is 1. The van der Waals surface area contributed by atoms with Gasteiger partial charge in [0.25, 0.3) is 0 Å². The molecule has 160 valence electrons. The number of hydrogen-bond acceptors (Lipinski definition) is 6. The maximum atomic E-state index is 12.9. The molecule has 2 fully saturated rings. The SMILES string of the molecule is COCCNC(=O)[C@H]1C[C@@H](O)[C@H](O)[C@H]2NC(=S)N(c3ccc(-n4cccn4)cc3)[C@@H]21. The summed E-state index contributed by atoms with van der Waals surface area (Å²) in [6, 6.07) is 8.52. The van der Waals surface area contributed by atoms with Crippen molar-refractivity contribution in [3.05, 3.63) is 42.7 Å². The Morgan fingerprint density at radius 1 is 1.33 bits per heavy atom. The number of anilines is 1. The molecule has 1 aliphatic carbocycles. The van der Waals surface area contributed by atoms with Crippen molar-refractivity contribution in [2.45, 2.75) is 30.7 Å². The third-order valence-corrected chi connectivity index (χ3v) is 6.00. The van der Waals surface area contributed by atoms with Gasteiger partial charge in [0, 0.05) is 31.7 Å². The molecule has 5 atom stereocenters. The number of rotatable bonds is 6. The Morgan fingerprint density at radius 3 is 2.73 bits per heavy atom. The van der Waals surface area contributed by atoms with Crippen molar-refractivity contribution in [1.29, 1.82) is 0 Å². The third kappa shape index (κ3) is 3.79. The predicted molar refractivity (Wildman–Crippen MR) is 114 cm³/mol. The summed E-state index contributed by atoms with van der Waals surface area (Å²) in [5.74, 6) is -0.748. The highest BCUT2D eigenvalue weighted by atomic mass is 32.1. The molecule has 1 saturated carbocycles. The first-order chi connectivity index (χ1) is 14.5. The number of aliphatic hydroxyl groups excluding tert-OH is 2. The topological polar surface area (TPSA) is 112 Å². The van der Waals surface area contributed by atoms with E-state index in [0.717, 1.165) is 11.4 Å². The van der Waals surface area contributed by atoms with Gasteiger partial charge in [-0.05, 0) is 49.0 Å². The molecule has 9 nitrogen and oxygen atoms in total. The molecule has 1 saturated heterocycles. The average molecular weight is 432 g/mol. The van der Waals surface area contributed by atoms with Crippen LogP contribution < -0.4 is 15.5 Å². The van der Waals surface area contributed by atoms with Crippen LogP contribution in [0.2, 0.25) is 0 Å². The van der Waals surface area contributed by atoms with E-state index in [1.807, 2.05) is 41.4 Å². The largest absolute Gasteiger partial charge is 0.390 e. The number of methoxy groups -OCH3 is 1. The zero-order valence-corrected chi connectivity index (χ0v) is 17.3. The van der Waals surface area contributed by atoms with Crippen molar-refractivity contribution >= 4 is 28.9 Å². The van der Waals surface area contributed by atoms with Gasteiger partial charge in [-0.2, -0.15) is 5.10 Å². The third-order valence-electron chi connectivity index (χ3n) is 5.68. The van der Waals surface area contributed by atoms with Crippen LogP contribution in [0.25, 0.3) is 5.69 Å². The van der Waals surface area contributed by atoms with Crippen LogP contribution >= 0.6 is 12.2 Å². The smallest absolute Gasteiger partial charge is 0.225 e. The number of nitrogens with zero attached hydrogens (tertiary/aromatic N) is 3. The lowest BCUT2D eigenvalue weighted by Gasteiger charge is -2.41. The molecular weight excluding hydrogens is 406 g/mol. The number of aromatic nitrogens is 2. The van der Waals surface area contributed by atoms with Gasteiger partial charge in [-0.15, -0.1) is 0 Å². The number of nitrogens with one attached hydrogen (secondary N) is 2. The Labute approximate surface area is 179 Å². The first-order valence-electron chi connectivity index (χ1n) is 9.84. The number of carbonyl (C=O) groups is 1. The Balaban J connectivity index is 1.62. The Morgan fingerprint density at radius 2 is 2.07 bits per heavy atom. The summed E-state index contributed by atoms with van der Waals surface area (Å²) in [6.07, 6.45) is 1.67. The summed E-state index contributed by atoms with van der Waals surface area (Å²) in [6.45, 7) is 0.769. The molecule has 10 heteroatoms. The standard InChI is InChI=1S/C20H25N5O4S/c1-29-10-8-21-19(28)14-11-15(26)18(27)16-17(14)25(20(30)23-16)13-5-3-12(4-6-13)24-9-2-7-22-24/h2-7,9,14-18,26-27H,8,10-11H2,1H3,(H,21,28)(H,23,30)/t14-,15+,16-,17+,18-/m0/s1. The normalized spacial score (nSPS) is 28.2. The molecule has 1 aromatic carbocycles. The molecule has 1 amide bonds. The molecule has 30 heavy (non-hydrogen) atoms. The van der Waals surface area contributed by atoms with Crippen LogP contribution in [0.5, 0.6) is 0 Å². The number of ether oxygens (including phenoxy) is 1. The van der Waals surface area contributed by atoms with Gasteiger partial charge in [-0.3, -0.25) is 4.79 Å². The highest BCUT2D eigenvalue weighted by molar-refractivity contribution is 7.80. The molecule has 1 aromatic heterocycles. The van der Waals surface area contributed by atoms with Crippen molar-refractivity contribution in [2.75, 3.05) is 25.2 Å². The molecule has 4 N–H and O–H groups in total. The summed E-state index contributed by atoms with van der Waals surface area (Å²) in [7, 11) is 1.57. The van der Waals surface area contributed by atoms with Crippen LogP contribution in [0.4, 0.5) is 5.69 Å². The number of hydrogen-bond donors (Lipinski definition) is 4. The van der Waals surface area contributed by atoms with E-state index in [4.69, 9.17) is 17.0 Å². The predicted octanol–water partition coefficient (Wildman–Crippen LogP) is -0.192. The lowest BCUT2D eigenvalue weighted by molar-refractivity contribution is -0.131. The summed E-state index contributed by atoms with van der Waals surface area (Å²) < 4.78 is 6.75. The monoisotopic (exact) mass is 431 g/mol. The van der Waals surface area contributed by atoms with Crippen LogP contribution in [-0.2, 0) is 9.53 Å². The van der Waals surface area contributed by atoms with E-state index < -0.39 is 30.2 Å². The quantitative estimate of drug-likeness (QED) is 0.368. The van der Waals surface area contributed by atoms with Crippen molar-refractivity contribution < 1.29 is 19.7 Å². The molecule has 2 aromatic rings. The average Bonchev–Trinajstić information content (AvgIpc) is 3.39. The van der Waals surface area contributed by atoms with E-state index in [9.17, 15) is 15.0 Å². The van der Waals surface area contributed by atoms with E-state index in [2.05, 4.69) is 15.7 Å². The second-order valence-corrected chi connectivity index (χ2v) is 7.87. The second kappa shape index (κ2) is 8.68. The molecule has 0 unspecified atom stereocenters. The van der Waals surface area contributed by atoms with Crippen LogP contribution in [0.15, 0.2) is 42.7 Å². The molecule has 2 heterocycles. The molecule has 0 spiro atoms. The zero-order chi connectivity index (χ0) is 21.3. The van der Waals surface area contributed by atoms with Crippen LogP contribution in [0, 0.1) is 5.92 Å². The van der Waals surface area contributed by atoms with E-state index in [-0.39, 0.29) is 12.3 Å². The van der Waals surface area contributed by atoms with Crippen LogP contribution in [0.3, 0.4) is 0 Å². The Hall–Kier alpha value is -2.53. The fourth-order valence-electron chi connectivity index (χ4n) is 4.24. The lowest BCUT2D eigenvalue weighted by Crippen LogP contribution is -2.61. The minimum atomic E-state index is -1.02. The zero-order valence-electron chi connectivity index (χ0n) is 16.5. The van der Waals surface area contributed by atoms with Crippen LogP contribution in [-0.4, -0.2) is 75.6 Å². The Kier molecular flexibility index (Phi) is 6.00. The Bertz CT molecular complexity index is 891. The van der Waals surface area contributed by atoms with Crippen molar-refractivity contribution in [3.8, 4) is 5.69 Å². The molecule has 0 radical (unpaired) electrons. The van der Waals surface area contributed by atoms with E-state index >= 15 is 0 Å². The van der Waals surface area contributed by atoms with E-state index in [1.54, 1.807) is 18.0 Å². The van der Waals surface area contributed by atoms with Gasteiger partial charge in [-0.25, -0.2) is 4.68 Å². The van der Waals surface area contributed by atoms with Gasteiger partial charge in [-0.1, -0.05) is 0 Å². The first kappa shape index (κ1) is 20.7. The second-order valence-electron chi connectivity index (χ2n) is 7.49. The van der Waals surface area contributed by atoms with Gasteiger partial charge >= 0.3 is 0 Å². The maximum absolute atomic E-state index is 12.9. The molecule has 0 bridgehead atoms. The fraction of sp³-hybridized carbons (Fsp3) is 0.450. The number of benzene rings is 1. The van der Waals surface area contributed by atoms with E-state index in [0.29, 0.717) is 18.3 Å². The minimum Gasteiger partial charge on any atom is -0.390 e. The summed E-state index contributed by atoms with van der Waals surface area (Å²) >= 11 is 5.54. The molecule has 2 aliphatic rings. The van der Waals surface area contributed by atoms with Gasteiger partial charge in [0.15, 0.2) is 5.11 Å². The number of fused-ring (bicyclic) bond motifs is 1. The summed E-state index contributed by atoms with van der Waals surface area (Å²) in [5, 5.41) is 31.5. The van der Waals surface area contributed by atoms with Gasteiger partial charge < -0.3 is 30.5 Å². The van der Waals surface area contributed by atoms with E-state index in [1.165, 1.54) is 0 Å².